The number of carbonyl (C=O) groups excluding carboxylic acids is 2. The summed E-state index contributed by atoms with van der Waals surface area (Å²) in [4.78, 5) is 28.9. The van der Waals surface area contributed by atoms with Gasteiger partial charge in [0.1, 0.15) is 11.9 Å². The van der Waals surface area contributed by atoms with E-state index in [-0.39, 0.29) is 30.1 Å². The number of likely N-dealkylation sites (N-methyl/N-ethyl adjacent to an activating group) is 1. The minimum atomic E-state index is -0.225. The first-order valence-electron chi connectivity index (χ1n) is 10.8. The van der Waals surface area contributed by atoms with E-state index in [9.17, 15) is 14.9 Å². The van der Waals surface area contributed by atoms with Gasteiger partial charge >= 0.3 is 0 Å². The van der Waals surface area contributed by atoms with Crippen molar-refractivity contribution in [1.82, 2.24) is 9.80 Å². The summed E-state index contributed by atoms with van der Waals surface area (Å²) >= 11 is 0. The summed E-state index contributed by atoms with van der Waals surface area (Å²) in [6.45, 7) is 1.29. The normalized spacial score (nSPS) is 26.1. The molecule has 3 rings (SSSR count). The summed E-state index contributed by atoms with van der Waals surface area (Å²) in [6.07, 6.45) is 3.02. The Bertz CT molecular complexity index is 837. The van der Waals surface area contributed by atoms with Gasteiger partial charge in [-0.2, -0.15) is 5.26 Å². The maximum Gasteiger partial charge on any atom is 0.257 e. The monoisotopic (exact) mass is 429 g/mol. The maximum atomic E-state index is 13.0. The number of ether oxygens (including phenoxy) is 3. The lowest BCUT2D eigenvalue weighted by Crippen LogP contribution is -2.47. The summed E-state index contributed by atoms with van der Waals surface area (Å²) < 4.78 is 17.8. The lowest BCUT2D eigenvalue weighted by molar-refractivity contribution is -0.150. The van der Waals surface area contributed by atoms with E-state index in [2.05, 4.69) is 6.07 Å². The average Bonchev–Trinajstić information content (AvgIpc) is 2.78. The number of rotatable bonds is 1. The van der Waals surface area contributed by atoms with Crippen LogP contribution in [0.1, 0.15) is 48.0 Å². The Balaban J connectivity index is 1.82. The third-order valence-corrected chi connectivity index (χ3v) is 6.00. The highest BCUT2D eigenvalue weighted by Crippen LogP contribution is 2.26. The van der Waals surface area contributed by atoms with Crippen LogP contribution in [0.4, 0.5) is 0 Å². The number of methoxy groups -OCH3 is 1. The fourth-order valence-electron chi connectivity index (χ4n) is 4.11. The Morgan fingerprint density at radius 2 is 1.97 bits per heavy atom. The summed E-state index contributed by atoms with van der Waals surface area (Å²) in [7, 11) is 5.16. The number of fused-ring (bicyclic) bond motifs is 3. The zero-order valence-electron chi connectivity index (χ0n) is 18.5. The van der Waals surface area contributed by atoms with Crippen LogP contribution in [0.3, 0.4) is 0 Å². The van der Waals surface area contributed by atoms with Gasteiger partial charge in [-0.3, -0.25) is 9.59 Å². The fraction of sp³-hybridized carbons (Fsp3) is 0.609. The van der Waals surface area contributed by atoms with Crippen LogP contribution in [-0.2, 0) is 14.3 Å². The zero-order chi connectivity index (χ0) is 22.4. The second-order valence-corrected chi connectivity index (χ2v) is 8.21. The van der Waals surface area contributed by atoms with E-state index < -0.39 is 0 Å². The SMILES string of the molecule is CO[C@@H]1CC[C@H]2CCOc3ccc(C#N)cc3C(=O)N(C)CCCC(=O)N(C)C[C@H]1O2. The molecule has 0 saturated carbocycles. The first kappa shape index (κ1) is 23.0. The predicted octanol–water partition coefficient (Wildman–Crippen LogP) is 2.21. The van der Waals surface area contributed by atoms with Crippen molar-refractivity contribution < 1.29 is 23.8 Å². The van der Waals surface area contributed by atoms with Gasteiger partial charge < -0.3 is 24.0 Å². The van der Waals surface area contributed by atoms with Crippen LogP contribution in [0, 0.1) is 11.3 Å². The number of carbonyl (C=O) groups is 2. The lowest BCUT2D eigenvalue weighted by atomic mass is 9.98. The Morgan fingerprint density at radius 3 is 2.71 bits per heavy atom. The number of hydrogen-bond donors (Lipinski definition) is 0. The molecule has 0 unspecified atom stereocenters. The summed E-state index contributed by atoms with van der Waals surface area (Å²) in [6, 6.07) is 6.96. The van der Waals surface area contributed by atoms with Crippen LogP contribution in [0.5, 0.6) is 5.75 Å². The molecule has 2 heterocycles. The quantitative estimate of drug-likeness (QED) is 0.680. The summed E-state index contributed by atoms with van der Waals surface area (Å²) in [5.74, 6) is 0.252. The van der Waals surface area contributed by atoms with Crippen molar-refractivity contribution >= 4 is 11.8 Å². The molecule has 3 atom stereocenters. The number of hydrogen-bond acceptors (Lipinski definition) is 6. The Labute approximate surface area is 183 Å². The molecule has 0 spiro atoms. The molecular weight excluding hydrogens is 398 g/mol. The number of benzene rings is 1. The molecule has 0 radical (unpaired) electrons. The third kappa shape index (κ3) is 5.75. The van der Waals surface area contributed by atoms with E-state index in [1.807, 2.05) is 0 Å². The van der Waals surface area contributed by atoms with E-state index >= 15 is 0 Å². The van der Waals surface area contributed by atoms with Crippen molar-refractivity contribution in [1.29, 1.82) is 5.26 Å². The zero-order valence-corrected chi connectivity index (χ0v) is 18.5. The van der Waals surface area contributed by atoms with Crippen LogP contribution in [0.15, 0.2) is 18.2 Å². The van der Waals surface area contributed by atoms with E-state index in [1.165, 1.54) is 0 Å². The molecule has 1 aromatic carbocycles. The van der Waals surface area contributed by atoms with Gasteiger partial charge in [-0.05, 0) is 37.5 Å². The van der Waals surface area contributed by atoms with E-state index in [4.69, 9.17) is 14.2 Å². The molecule has 0 aliphatic carbocycles. The second kappa shape index (κ2) is 10.6. The van der Waals surface area contributed by atoms with Gasteiger partial charge in [-0.25, -0.2) is 0 Å². The van der Waals surface area contributed by atoms with E-state index in [0.717, 1.165) is 12.8 Å². The first-order chi connectivity index (χ1) is 14.9. The molecule has 31 heavy (non-hydrogen) atoms. The second-order valence-electron chi connectivity index (χ2n) is 8.21. The molecule has 2 amide bonds. The van der Waals surface area contributed by atoms with Crippen LogP contribution in [0.2, 0.25) is 0 Å². The van der Waals surface area contributed by atoms with Gasteiger partial charge in [-0.15, -0.1) is 0 Å². The van der Waals surface area contributed by atoms with Gasteiger partial charge in [0.2, 0.25) is 5.91 Å². The van der Waals surface area contributed by atoms with Gasteiger partial charge in [0.15, 0.2) is 0 Å². The standard InChI is InChI=1S/C23H31N3O5/c1-25-11-4-5-22(27)26(2)15-21-20(29-3)9-7-17(31-21)10-12-30-19-8-6-16(14-24)13-18(19)23(25)28/h6,8,13,17,20-21H,4-5,7,9-12,15H2,1-3H3/t17-,20+,21+/m0/s1. The molecule has 1 saturated heterocycles. The minimum Gasteiger partial charge on any atom is -0.493 e. The third-order valence-electron chi connectivity index (χ3n) is 6.00. The molecule has 8 nitrogen and oxygen atoms in total. The molecule has 168 valence electrons. The van der Waals surface area contributed by atoms with Gasteiger partial charge in [-0.1, -0.05) is 0 Å². The Morgan fingerprint density at radius 1 is 1.16 bits per heavy atom. The van der Waals surface area contributed by atoms with Crippen molar-refractivity contribution in [2.75, 3.05) is 40.9 Å². The van der Waals surface area contributed by atoms with Crippen molar-refractivity contribution in [3.05, 3.63) is 29.3 Å². The molecular formula is C23H31N3O5. The van der Waals surface area contributed by atoms with Crippen molar-refractivity contribution in [3.8, 4) is 11.8 Å². The topological polar surface area (TPSA) is 92.1 Å². The van der Waals surface area contributed by atoms with E-state index in [0.29, 0.717) is 55.8 Å². The molecule has 1 fully saturated rings. The Kier molecular flexibility index (Phi) is 7.88. The van der Waals surface area contributed by atoms with Gasteiger partial charge in [0, 0.05) is 47.1 Å². The molecule has 0 N–H and O–H groups in total. The highest BCUT2D eigenvalue weighted by Gasteiger charge is 2.33. The number of amides is 2. The predicted molar refractivity (Wildman–Crippen MR) is 114 cm³/mol. The average molecular weight is 430 g/mol. The molecule has 2 bridgehead atoms. The lowest BCUT2D eigenvalue weighted by Gasteiger charge is -2.37. The van der Waals surface area contributed by atoms with Crippen molar-refractivity contribution in [2.45, 2.75) is 50.4 Å². The highest BCUT2D eigenvalue weighted by molar-refractivity contribution is 5.97. The fourth-order valence-corrected chi connectivity index (χ4v) is 4.11. The molecule has 8 heteroatoms. The van der Waals surface area contributed by atoms with Crippen LogP contribution in [0.25, 0.3) is 0 Å². The summed E-state index contributed by atoms with van der Waals surface area (Å²) in [5, 5.41) is 9.24. The molecule has 2 aliphatic heterocycles. The molecule has 2 aliphatic rings. The number of nitriles is 1. The summed E-state index contributed by atoms with van der Waals surface area (Å²) in [5.41, 5.74) is 0.762. The molecule has 0 aromatic heterocycles. The smallest absolute Gasteiger partial charge is 0.257 e. The van der Waals surface area contributed by atoms with Crippen molar-refractivity contribution in [2.24, 2.45) is 0 Å². The first-order valence-corrected chi connectivity index (χ1v) is 10.8. The van der Waals surface area contributed by atoms with Crippen LogP contribution >= 0.6 is 0 Å². The molecule has 1 aromatic rings. The van der Waals surface area contributed by atoms with Gasteiger partial charge in [0.25, 0.3) is 5.91 Å². The maximum absolute atomic E-state index is 13.0. The highest BCUT2D eigenvalue weighted by atomic mass is 16.5. The van der Waals surface area contributed by atoms with E-state index in [1.54, 1.807) is 49.2 Å². The van der Waals surface area contributed by atoms with Crippen LogP contribution in [-0.4, -0.2) is 80.8 Å². The van der Waals surface area contributed by atoms with Crippen LogP contribution < -0.4 is 4.74 Å². The Hall–Kier alpha value is -2.63. The minimum absolute atomic E-state index is 0.00647. The largest absolute Gasteiger partial charge is 0.493 e. The van der Waals surface area contributed by atoms with Gasteiger partial charge in [0.05, 0.1) is 36.0 Å². The van der Waals surface area contributed by atoms with Crippen molar-refractivity contribution in [3.63, 3.8) is 0 Å². The number of nitrogens with zero attached hydrogens (tertiary/aromatic N) is 3.